The highest BCUT2D eigenvalue weighted by Gasteiger charge is 2.17. The molecule has 2 rings (SSSR count). The first kappa shape index (κ1) is 16.6. The third kappa shape index (κ3) is 3.71. The van der Waals surface area contributed by atoms with Crippen molar-refractivity contribution in [3.8, 4) is 5.75 Å². The molecule has 2 aromatic rings. The van der Waals surface area contributed by atoms with Crippen LogP contribution in [0.2, 0.25) is 0 Å². The predicted molar refractivity (Wildman–Crippen MR) is 80.1 cm³/mol. The Balaban J connectivity index is 2.14. The maximum Gasteiger partial charge on any atom is 0.433 e. The van der Waals surface area contributed by atoms with Crippen LogP contribution >= 0.6 is 0 Å². The van der Waals surface area contributed by atoms with Gasteiger partial charge in [0.1, 0.15) is 10.7 Å². The average Bonchev–Trinajstić information content (AvgIpc) is 3.03. The number of methoxy groups -OCH3 is 1. The Hall–Kier alpha value is -3.76. The van der Waals surface area contributed by atoms with Crippen molar-refractivity contribution in [1.82, 2.24) is 5.43 Å². The van der Waals surface area contributed by atoms with Gasteiger partial charge in [-0.2, -0.15) is 5.10 Å². The lowest BCUT2D eigenvalue weighted by Crippen LogP contribution is -2.18. The summed E-state index contributed by atoms with van der Waals surface area (Å²) in [6.07, 6.45) is 1.05. The number of hydrogen-bond acceptors (Lipinski definition) is 8. The van der Waals surface area contributed by atoms with Crippen molar-refractivity contribution in [3.05, 3.63) is 61.9 Å². The molecule has 0 saturated carbocycles. The molecule has 0 fully saturated rings. The fourth-order valence-corrected chi connectivity index (χ4v) is 1.71. The maximum absolute atomic E-state index is 12.0. The van der Waals surface area contributed by atoms with Crippen LogP contribution in [0.3, 0.4) is 0 Å². The SMILES string of the molecule is COc1ccc([N+](=O)[O-])cc1C(=O)N/N=C\c1ccc([N+](=O)[O-])o1. The Bertz CT molecular complexity index is 827. The molecule has 1 amide bonds. The van der Waals surface area contributed by atoms with Crippen molar-refractivity contribution < 1.29 is 23.8 Å². The number of furan rings is 1. The van der Waals surface area contributed by atoms with Gasteiger partial charge in [-0.1, -0.05) is 0 Å². The van der Waals surface area contributed by atoms with E-state index in [2.05, 4.69) is 10.5 Å². The number of nitrogens with one attached hydrogen (secondary N) is 1. The first-order chi connectivity index (χ1) is 11.4. The molecule has 1 aromatic carbocycles. The number of benzene rings is 1. The highest BCUT2D eigenvalue weighted by atomic mass is 16.6. The van der Waals surface area contributed by atoms with E-state index in [4.69, 9.17) is 9.15 Å². The number of ether oxygens (including phenoxy) is 1. The van der Waals surface area contributed by atoms with Gasteiger partial charge in [0.15, 0.2) is 5.76 Å². The molecule has 0 unspecified atom stereocenters. The summed E-state index contributed by atoms with van der Waals surface area (Å²) in [6, 6.07) is 5.95. The molecular weight excluding hydrogens is 324 g/mol. The average molecular weight is 334 g/mol. The monoisotopic (exact) mass is 334 g/mol. The van der Waals surface area contributed by atoms with Crippen LogP contribution in [0.15, 0.2) is 39.9 Å². The number of hydrogen-bond donors (Lipinski definition) is 1. The molecule has 124 valence electrons. The van der Waals surface area contributed by atoms with E-state index in [0.717, 1.165) is 18.3 Å². The summed E-state index contributed by atoms with van der Waals surface area (Å²) in [5, 5.41) is 24.8. The fraction of sp³-hybridized carbons (Fsp3) is 0.0769. The maximum atomic E-state index is 12.0. The van der Waals surface area contributed by atoms with Gasteiger partial charge in [-0.15, -0.1) is 0 Å². The van der Waals surface area contributed by atoms with Crippen molar-refractivity contribution in [2.24, 2.45) is 5.10 Å². The van der Waals surface area contributed by atoms with Gasteiger partial charge in [-0.3, -0.25) is 25.0 Å². The minimum absolute atomic E-state index is 0.0491. The van der Waals surface area contributed by atoms with Crippen molar-refractivity contribution in [2.75, 3.05) is 7.11 Å². The van der Waals surface area contributed by atoms with Gasteiger partial charge in [0, 0.05) is 12.1 Å². The third-order valence-corrected chi connectivity index (χ3v) is 2.79. The van der Waals surface area contributed by atoms with Gasteiger partial charge < -0.3 is 9.15 Å². The molecule has 0 spiro atoms. The molecule has 1 heterocycles. The van der Waals surface area contributed by atoms with E-state index in [1.54, 1.807) is 0 Å². The molecule has 1 aromatic heterocycles. The highest BCUT2D eigenvalue weighted by molar-refractivity contribution is 5.98. The molecule has 0 saturated heterocycles. The second kappa shape index (κ2) is 7.00. The summed E-state index contributed by atoms with van der Waals surface area (Å²) in [7, 11) is 1.31. The van der Waals surface area contributed by atoms with Crippen LogP contribution in [0.1, 0.15) is 16.1 Å². The summed E-state index contributed by atoms with van der Waals surface area (Å²) >= 11 is 0. The van der Waals surface area contributed by atoms with E-state index < -0.39 is 21.6 Å². The molecular formula is C13H10N4O7. The summed E-state index contributed by atoms with van der Waals surface area (Å²) in [6.45, 7) is 0. The number of non-ortho nitro benzene ring substituents is 1. The first-order valence-electron chi connectivity index (χ1n) is 6.32. The van der Waals surface area contributed by atoms with Gasteiger partial charge in [0.05, 0.1) is 29.9 Å². The Morgan fingerprint density at radius 2 is 2.00 bits per heavy atom. The van der Waals surface area contributed by atoms with Gasteiger partial charge in [-0.25, -0.2) is 5.43 Å². The summed E-state index contributed by atoms with van der Waals surface area (Å²) in [5.41, 5.74) is 1.75. The van der Waals surface area contributed by atoms with Crippen LogP contribution in [0.25, 0.3) is 0 Å². The molecule has 1 N–H and O–H groups in total. The van der Waals surface area contributed by atoms with E-state index in [0.29, 0.717) is 0 Å². The second-order valence-electron chi connectivity index (χ2n) is 4.27. The van der Waals surface area contributed by atoms with E-state index in [9.17, 15) is 25.0 Å². The van der Waals surface area contributed by atoms with Gasteiger partial charge in [-0.05, 0) is 12.1 Å². The topological polar surface area (TPSA) is 150 Å². The lowest BCUT2D eigenvalue weighted by molar-refractivity contribution is -0.402. The van der Waals surface area contributed by atoms with Crippen LogP contribution in [0, 0.1) is 20.2 Å². The predicted octanol–water partition coefficient (Wildman–Crippen LogP) is 1.87. The van der Waals surface area contributed by atoms with Gasteiger partial charge in [0.25, 0.3) is 11.6 Å². The second-order valence-corrected chi connectivity index (χ2v) is 4.27. The minimum Gasteiger partial charge on any atom is -0.496 e. The van der Waals surface area contributed by atoms with Crippen LogP contribution in [0.5, 0.6) is 5.75 Å². The quantitative estimate of drug-likeness (QED) is 0.481. The van der Waals surface area contributed by atoms with Crippen molar-refractivity contribution in [1.29, 1.82) is 0 Å². The number of nitrogens with zero attached hydrogens (tertiary/aromatic N) is 3. The Morgan fingerprint density at radius 3 is 2.58 bits per heavy atom. The van der Waals surface area contributed by atoms with Crippen LogP contribution in [-0.4, -0.2) is 29.1 Å². The zero-order chi connectivity index (χ0) is 17.7. The largest absolute Gasteiger partial charge is 0.496 e. The zero-order valence-corrected chi connectivity index (χ0v) is 12.2. The number of rotatable bonds is 6. The number of hydrazone groups is 1. The molecule has 0 aliphatic rings. The normalized spacial score (nSPS) is 10.5. The van der Waals surface area contributed by atoms with E-state index in [1.807, 2.05) is 0 Å². The molecule has 11 heteroatoms. The third-order valence-electron chi connectivity index (χ3n) is 2.79. The summed E-state index contributed by atoms with van der Waals surface area (Å²) in [5.74, 6) is -1.05. The Labute approximate surface area is 133 Å². The molecule has 0 radical (unpaired) electrons. The Kier molecular flexibility index (Phi) is 4.84. The van der Waals surface area contributed by atoms with Crippen molar-refractivity contribution in [2.45, 2.75) is 0 Å². The Morgan fingerprint density at radius 1 is 1.25 bits per heavy atom. The van der Waals surface area contributed by atoms with Gasteiger partial charge in [0.2, 0.25) is 0 Å². The smallest absolute Gasteiger partial charge is 0.433 e. The van der Waals surface area contributed by atoms with Crippen LogP contribution in [-0.2, 0) is 0 Å². The van der Waals surface area contributed by atoms with E-state index >= 15 is 0 Å². The number of carbonyl (C=O) groups is 1. The lowest BCUT2D eigenvalue weighted by Gasteiger charge is -2.06. The van der Waals surface area contributed by atoms with E-state index in [1.165, 1.54) is 25.3 Å². The lowest BCUT2D eigenvalue weighted by atomic mass is 10.1. The number of carbonyl (C=O) groups excluding carboxylic acids is 1. The van der Waals surface area contributed by atoms with Crippen LogP contribution < -0.4 is 10.2 Å². The molecule has 0 bridgehead atoms. The molecule has 24 heavy (non-hydrogen) atoms. The van der Waals surface area contributed by atoms with Gasteiger partial charge >= 0.3 is 5.88 Å². The molecule has 0 aliphatic heterocycles. The standard InChI is InChI=1S/C13H10N4O7/c1-23-11-4-2-8(16(19)20)6-10(11)13(18)15-14-7-9-3-5-12(24-9)17(21)22/h2-7H,1H3,(H,15,18)/b14-7-. The first-order valence-corrected chi connectivity index (χ1v) is 6.32. The van der Waals surface area contributed by atoms with E-state index in [-0.39, 0.29) is 22.8 Å². The fourth-order valence-electron chi connectivity index (χ4n) is 1.71. The molecule has 0 atom stereocenters. The van der Waals surface area contributed by atoms with Crippen molar-refractivity contribution in [3.63, 3.8) is 0 Å². The van der Waals surface area contributed by atoms with Crippen molar-refractivity contribution >= 4 is 23.7 Å². The number of amides is 1. The van der Waals surface area contributed by atoms with Crippen LogP contribution in [0.4, 0.5) is 11.6 Å². The summed E-state index contributed by atoms with van der Waals surface area (Å²) < 4.78 is 9.78. The number of nitro benzene ring substituents is 1. The summed E-state index contributed by atoms with van der Waals surface area (Å²) in [4.78, 5) is 31.9. The zero-order valence-electron chi connectivity index (χ0n) is 12.2. The highest BCUT2D eigenvalue weighted by Crippen LogP contribution is 2.23. The molecule has 0 aliphatic carbocycles. The number of nitro groups is 2. The minimum atomic E-state index is -0.757. The molecule has 11 nitrogen and oxygen atoms in total.